The van der Waals surface area contributed by atoms with Gasteiger partial charge in [0.25, 0.3) is 0 Å². The summed E-state index contributed by atoms with van der Waals surface area (Å²) < 4.78 is 0.864. The van der Waals surface area contributed by atoms with E-state index < -0.39 is 0 Å². The highest BCUT2D eigenvalue weighted by Crippen LogP contribution is 2.38. The lowest BCUT2D eigenvalue weighted by molar-refractivity contribution is 0.301. The molecule has 16 heavy (non-hydrogen) atoms. The van der Waals surface area contributed by atoms with Crippen LogP contribution in [0.3, 0.4) is 0 Å². The van der Waals surface area contributed by atoms with Crippen molar-refractivity contribution < 1.29 is 0 Å². The average Bonchev–Trinajstić information content (AvgIpc) is 2.74. The summed E-state index contributed by atoms with van der Waals surface area (Å²) in [5.74, 6) is 1.05. The van der Waals surface area contributed by atoms with Crippen molar-refractivity contribution in [1.29, 1.82) is 0 Å². The Labute approximate surface area is 105 Å². The molecule has 0 radical (unpaired) electrons. The van der Waals surface area contributed by atoms with Crippen molar-refractivity contribution in [1.82, 2.24) is 9.97 Å². The Kier molecular flexibility index (Phi) is 3.47. The van der Waals surface area contributed by atoms with E-state index in [9.17, 15) is 0 Å². The monoisotopic (exact) mass is 283 g/mol. The van der Waals surface area contributed by atoms with E-state index in [2.05, 4.69) is 44.6 Å². The molecule has 0 saturated carbocycles. The summed E-state index contributed by atoms with van der Waals surface area (Å²) in [7, 11) is 0. The van der Waals surface area contributed by atoms with Crippen LogP contribution in [0.15, 0.2) is 17.0 Å². The molecule has 1 saturated heterocycles. The van der Waals surface area contributed by atoms with Crippen LogP contribution in [-0.4, -0.2) is 23.1 Å². The predicted octanol–water partition coefficient (Wildman–Crippen LogP) is 3.26. The van der Waals surface area contributed by atoms with Crippen molar-refractivity contribution in [2.75, 3.05) is 18.0 Å². The molecule has 1 aliphatic heterocycles. The van der Waals surface area contributed by atoms with Gasteiger partial charge in [-0.1, -0.05) is 13.8 Å². The quantitative estimate of drug-likeness (QED) is 0.798. The van der Waals surface area contributed by atoms with Crippen molar-refractivity contribution >= 4 is 21.7 Å². The van der Waals surface area contributed by atoms with Crippen LogP contribution < -0.4 is 4.90 Å². The van der Waals surface area contributed by atoms with Gasteiger partial charge in [-0.05, 0) is 40.6 Å². The minimum absolute atomic E-state index is 0.497. The average molecular weight is 284 g/mol. The zero-order chi connectivity index (χ0) is 11.6. The van der Waals surface area contributed by atoms with E-state index in [1.807, 2.05) is 6.07 Å². The van der Waals surface area contributed by atoms with Gasteiger partial charge < -0.3 is 4.90 Å². The van der Waals surface area contributed by atoms with E-state index in [1.165, 1.54) is 19.3 Å². The van der Waals surface area contributed by atoms with Gasteiger partial charge in [-0.2, -0.15) is 0 Å². The summed E-state index contributed by atoms with van der Waals surface area (Å²) >= 11 is 3.39. The van der Waals surface area contributed by atoms with Gasteiger partial charge in [-0.15, -0.1) is 0 Å². The molecular weight excluding hydrogens is 266 g/mol. The summed E-state index contributed by atoms with van der Waals surface area (Å²) in [6.45, 7) is 6.83. The fourth-order valence-electron chi connectivity index (χ4n) is 2.46. The van der Waals surface area contributed by atoms with Crippen LogP contribution in [0.4, 0.5) is 5.82 Å². The molecule has 0 atom stereocenters. The number of hydrogen-bond acceptors (Lipinski definition) is 3. The van der Waals surface area contributed by atoms with E-state index in [4.69, 9.17) is 0 Å². The molecule has 4 heteroatoms. The lowest BCUT2D eigenvalue weighted by atomic mass is 9.82. The first kappa shape index (κ1) is 11.8. The van der Waals surface area contributed by atoms with Gasteiger partial charge in [-0.25, -0.2) is 9.97 Å². The highest BCUT2D eigenvalue weighted by Gasteiger charge is 2.35. The number of nitrogens with zero attached hydrogens (tertiary/aromatic N) is 3. The predicted molar refractivity (Wildman–Crippen MR) is 69.6 cm³/mol. The van der Waals surface area contributed by atoms with Crippen LogP contribution in [0, 0.1) is 5.41 Å². The Bertz CT molecular complexity index is 363. The Morgan fingerprint density at radius 3 is 2.69 bits per heavy atom. The third-order valence-corrected chi connectivity index (χ3v) is 4.32. The summed E-state index contributed by atoms with van der Waals surface area (Å²) in [5.41, 5.74) is 0.497. The summed E-state index contributed by atoms with van der Waals surface area (Å²) in [6.07, 6.45) is 5.41. The molecule has 0 aliphatic carbocycles. The highest BCUT2D eigenvalue weighted by molar-refractivity contribution is 9.10. The first-order valence-electron chi connectivity index (χ1n) is 5.91. The van der Waals surface area contributed by atoms with Gasteiger partial charge in [0.05, 0.1) is 0 Å². The Hall–Kier alpha value is -0.640. The van der Waals surface area contributed by atoms with Crippen LogP contribution in [-0.2, 0) is 0 Å². The molecule has 1 fully saturated rings. The lowest BCUT2D eigenvalue weighted by Gasteiger charge is -2.26. The maximum Gasteiger partial charge on any atom is 0.133 e. The smallest absolute Gasteiger partial charge is 0.133 e. The maximum absolute atomic E-state index is 4.34. The lowest BCUT2D eigenvalue weighted by Crippen LogP contribution is -2.26. The molecule has 3 nitrogen and oxygen atoms in total. The molecule has 0 unspecified atom stereocenters. The second-order valence-electron chi connectivity index (χ2n) is 4.58. The van der Waals surface area contributed by atoms with E-state index in [0.717, 1.165) is 23.5 Å². The second-order valence-corrected chi connectivity index (χ2v) is 5.39. The molecule has 0 aromatic carbocycles. The fraction of sp³-hybridized carbons (Fsp3) is 0.667. The van der Waals surface area contributed by atoms with Crippen molar-refractivity contribution in [3.8, 4) is 0 Å². The zero-order valence-corrected chi connectivity index (χ0v) is 11.5. The molecular formula is C12H18BrN3. The first-order chi connectivity index (χ1) is 7.69. The number of aromatic nitrogens is 2. The van der Waals surface area contributed by atoms with Crippen LogP contribution >= 0.6 is 15.9 Å². The third kappa shape index (κ3) is 2.21. The Morgan fingerprint density at radius 2 is 2.12 bits per heavy atom. The standard InChI is InChI=1S/C12H18BrN3/c1-3-12(4-2)5-6-16(8-12)11-7-10(13)14-9-15-11/h7,9H,3-6,8H2,1-2H3. The van der Waals surface area contributed by atoms with E-state index in [0.29, 0.717) is 5.41 Å². The molecule has 0 spiro atoms. The summed E-state index contributed by atoms with van der Waals surface area (Å²) in [5, 5.41) is 0. The number of hydrogen-bond donors (Lipinski definition) is 0. The maximum atomic E-state index is 4.34. The van der Waals surface area contributed by atoms with Crippen molar-refractivity contribution in [2.45, 2.75) is 33.1 Å². The molecule has 0 bridgehead atoms. The van der Waals surface area contributed by atoms with Crippen molar-refractivity contribution in [2.24, 2.45) is 5.41 Å². The zero-order valence-electron chi connectivity index (χ0n) is 9.91. The molecule has 1 aromatic rings. The molecule has 1 aromatic heterocycles. The number of halogens is 1. The second kappa shape index (κ2) is 4.70. The number of rotatable bonds is 3. The fourth-order valence-corrected chi connectivity index (χ4v) is 2.75. The minimum atomic E-state index is 0.497. The Balaban J connectivity index is 2.14. The summed E-state index contributed by atoms with van der Waals surface area (Å²) in [6, 6.07) is 2.00. The van der Waals surface area contributed by atoms with Gasteiger partial charge in [0.1, 0.15) is 16.7 Å². The van der Waals surface area contributed by atoms with Gasteiger partial charge in [0.15, 0.2) is 0 Å². The van der Waals surface area contributed by atoms with Crippen LogP contribution in [0.25, 0.3) is 0 Å². The van der Waals surface area contributed by atoms with Crippen molar-refractivity contribution in [3.05, 3.63) is 17.0 Å². The molecule has 0 N–H and O–H groups in total. The van der Waals surface area contributed by atoms with E-state index >= 15 is 0 Å². The highest BCUT2D eigenvalue weighted by atomic mass is 79.9. The topological polar surface area (TPSA) is 29.0 Å². The first-order valence-corrected chi connectivity index (χ1v) is 6.71. The molecule has 0 amide bonds. The van der Waals surface area contributed by atoms with E-state index in [1.54, 1.807) is 6.33 Å². The van der Waals surface area contributed by atoms with Crippen molar-refractivity contribution in [3.63, 3.8) is 0 Å². The van der Waals surface area contributed by atoms with Gasteiger partial charge in [-0.3, -0.25) is 0 Å². The van der Waals surface area contributed by atoms with Gasteiger partial charge >= 0.3 is 0 Å². The largest absolute Gasteiger partial charge is 0.356 e. The van der Waals surface area contributed by atoms with E-state index in [-0.39, 0.29) is 0 Å². The van der Waals surface area contributed by atoms with Gasteiger partial charge in [0.2, 0.25) is 0 Å². The minimum Gasteiger partial charge on any atom is -0.356 e. The van der Waals surface area contributed by atoms with Gasteiger partial charge in [0, 0.05) is 19.2 Å². The molecule has 2 rings (SSSR count). The van der Waals surface area contributed by atoms with Crippen LogP contribution in [0.2, 0.25) is 0 Å². The molecule has 88 valence electrons. The molecule has 1 aliphatic rings. The summed E-state index contributed by atoms with van der Waals surface area (Å²) in [4.78, 5) is 10.8. The SMILES string of the molecule is CCC1(CC)CCN(c2cc(Br)ncn2)C1. The number of anilines is 1. The van der Waals surface area contributed by atoms with Crippen LogP contribution in [0.5, 0.6) is 0 Å². The normalized spacial score (nSPS) is 19.1. The molecule has 2 heterocycles. The Morgan fingerprint density at radius 1 is 1.38 bits per heavy atom. The third-order valence-electron chi connectivity index (χ3n) is 3.88. The van der Waals surface area contributed by atoms with Crippen LogP contribution in [0.1, 0.15) is 33.1 Å².